The highest BCUT2D eigenvalue weighted by molar-refractivity contribution is 7.09. The monoisotopic (exact) mass is 349 g/mol. The van der Waals surface area contributed by atoms with Gasteiger partial charge < -0.3 is 9.64 Å². The molecule has 24 heavy (non-hydrogen) atoms. The molecule has 4 nitrogen and oxygen atoms in total. The van der Waals surface area contributed by atoms with Gasteiger partial charge in [0.15, 0.2) is 0 Å². The van der Waals surface area contributed by atoms with Crippen LogP contribution in [-0.4, -0.2) is 60.7 Å². The van der Waals surface area contributed by atoms with Gasteiger partial charge >= 0.3 is 0 Å². The molecule has 0 unspecified atom stereocenters. The molecule has 0 N–H and O–H groups in total. The normalized spacial score (nSPS) is 28.0. The van der Waals surface area contributed by atoms with Gasteiger partial charge in [0.25, 0.3) is 0 Å². The summed E-state index contributed by atoms with van der Waals surface area (Å²) in [6, 6.07) is 0.562. The third-order valence-corrected chi connectivity index (χ3v) is 7.07. The molecule has 0 aromatic carbocycles. The molecule has 3 aliphatic rings. The predicted molar refractivity (Wildman–Crippen MR) is 98.4 cm³/mol. The minimum absolute atomic E-state index is 0.522. The number of nitrogens with zero attached hydrogens (tertiary/aromatic N) is 3. The van der Waals surface area contributed by atoms with E-state index in [9.17, 15) is 0 Å². The Morgan fingerprint density at radius 2 is 2.12 bits per heavy atom. The minimum atomic E-state index is 0.522. The highest BCUT2D eigenvalue weighted by Crippen LogP contribution is 2.44. The van der Waals surface area contributed by atoms with E-state index < -0.39 is 0 Å². The molecule has 2 saturated heterocycles. The maximum Gasteiger partial charge on any atom is 0.0897 e. The maximum absolute atomic E-state index is 5.55. The number of hydrogen-bond donors (Lipinski definition) is 0. The van der Waals surface area contributed by atoms with Crippen LogP contribution in [0.5, 0.6) is 0 Å². The van der Waals surface area contributed by atoms with E-state index in [1.165, 1.54) is 69.0 Å². The van der Waals surface area contributed by atoms with Crippen molar-refractivity contribution in [3.63, 3.8) is 0 Å². The van der Waals surface area contributed by atoms with Crippen molar-refractivity contribution < 1.29 is 4.74 Å². The largest absolute Gasteiger partial charge is 0.383 e. The van der Waals surface area contributed by atoms with E-state index in [2.05, 4.69) is 27.1 Å². The first-order valence-corrected chi connectivity index (χ1v) is 10.4. The molecule has 134 valence electrons. The number of methoxy groups -OCH3 is 1. The van der Waals surface area contributed by atoms with Crippen molar-refractivity contribution >= 4 is 11.3 Å². The second-order valence-corrected chi connectivity index (χ2v) is 9.38. The van der Waals surface area contributed by atoms with Gasteiger partial charge in [-0.2, -0.15) is 0 Å². The Bertz CT molecular complexity index is 549. The average Bonchev–Trinajstić information content (AvgIpc) is 3.20. The smallest absolute Gasteiger partial charge is 0.0897 e. The quantitative estimate of drug-likeness (QED) is 0.789. The number of thiazole rings is 1. The summed E-state index contributed by atoms with van der Waals surface area (Å²) in [4.78, 5) is 10.1. The van der Waals surface area contributed by atoms with Gasteiger partial charge in [-0.25, -0.2) is 4.98 Å². The third-order valence-electron chi connectivity index (χ3n) is 6.24. The summed E-state index contributed by atoms with van der Waals surface area (Å²) in [5.74, 6) is 1.02. The van der Waals surface area contributed by atoms with Crippen molar-refractivity contribution in [3.05, 3.63) is 16.1 Å². The Balaban J connectivity index is 1.38. The van der Waals surface area contributed by atoms with Gasteiger partial charge in [-0.15, -0.1) is 11.3 Å². The Labute approximate surface area is 150 Å². The maximum atomic E-state index is 5.55. The lowest BCUT2D eigenvalue weighted by Gasteiger charge is -2.39. The molecule has 0 radical (unpaired) electrons. The topological polar surface area (TPSA) is 28.6 Å². The number of hydrogen-bond acceptors (Lipinski definition) is 5. The van der Waals surface area contributed by atoms with Crippen molar-refractivity contribution in [1.29, 1.82) is 0 Å². The Morgan fingerprint density at radius 1 is 1.33 bits per heavy atom. The van der Waals surface area contributed by atoms with Crippen molar-refractivity contribution in [2.45, 2.75) is 51.6 Å². The number of rotatable bonds is 6. The van der Waals surface area contributed by atoms with Gasteiger partial charge in [0.1, 0.15) is 0 Å². The Hall–Kier alpha value is -0.490. The van der Waals surface area contributed by atoms with Crippen LogP contribution in [0.3, 0.4) is 0 Å². The molecule has 0 amide bonds. The lowest BCUT2D eigenvalue weighted by Crippen LogP contribution is -2.42. The lowest BCUT2D eigenvalue weighted by molar-refractivity contribution is 0.102. The number of ether oxygens (including phenoxy) is 1. The summed E-state index contributed by atoms with van der Waals surface area (Å²) in [5, 5.41) is 3.40. The molecule has 1 spiro atoms. The van der Waals surface area contributed by atoms with Crippen LogP contribution in [0.4, 0.5) is 0 Å². The SMILES string of the molecule is COC[C@@H]1CC2(CCN(CC3CC3)CC2)CN1Cc1csc(C)n1. The first kappa shape index (κ1) is 17.0. The number of likely N-dealkylation sites (tertiary alicyclic amines) is 2. The standard InChI is InChI=1S/C19H31N3OS/c1-15-20-17(13-24-15)11-22-14-19(9-18(22)12-23-2)5-7-21(8-6-19)10-16-3-4-16/h13,16,18H,3-12,14H2,1-2H3/t18-/m0/s1. The van der Waals surface area contributed by atoms with Crippen LogP contribution in [0, 0.1) is 18.3 Å². The Kier molecular flexibility index (Phi) is 4.96. The van der Waals surface area contributed by atoms with Gasteiger partial charge in [-0.1, -0.05) is 0 Å². The number of aryl methyl sites for hydroxylation is 1. The zero-order valence-corrected chi connectivity index (χ0v) is 16.0. The fourth-order valence-electron chi connectivity index (χ4n) is 4.72. The molecule has 5 heteroatoms. The fourth-order valence-corrected chi connectivity index (χ4v) is 5.33. The zero-order chi connectivity index (χ0) is 16.6. The van der Waals surface area contributed by atoms with Crippen LogP contribution in [0.2, 0.25) is 0 Å². The first-order chi connectivity index (χ1) is 11.7. The summed E-state index contributed by atoms with van der Waals surface area (Å²) >= 11 is 1.77. The van der Waals surface area contributed by atoms with E-state index in [-0.39, 0.29) is 0 Å². The molecule has 2 aliphatic heterocycles. The Morgan fingerprint density at radius 3 is 2.75 bits per heavy atom. The summed E-state index contributed by atoms with van der Waals surface area (Å²) in [7, 11) is 1.84. The molecule has 1 aromatic rings. The number of aromatic nitrogens is 1. The van der Waals surface area contributed by atoms with E-state index in [4.69, 9.17) is 4.74 Å². The summed E-state index contributed by atoms with van der Waals surface area (Å²) in [6.07, 6.45) is 6.98. The molecule has 0 bridgehead atoms. The summed E-state index contributed by atoms with van der Waals surface area (Å²) in [5.41, 5.74) is 1.76. The molecule has 1 atom stereocenters. The highest BCUT2D eigenvalue weighted by Gasteiger charge is 2.45. The van der Waals surface area contributed by atoms with Gasteiger partial charge in [-0.05, 0) is 63.5 Å². The van der Waals surface area contributed by atoms with Crippen molar-refractivity contribution in [3.8, 4) is 0 Å². The van der Waals surface area contributed by atoms with E-state index in [1.54, 1.807) is 11.3 Å². The summed E-state index contributed by atoms with van der Waals surface area (Å²) < 4.78 is 5.55. The second kappa shape index (κ2) is 7.02. The zero-order valence-electron chi connectivity index (χ0n) is 15.2. The molecule has 1 aromatic heterocycles. The molecule has 1 aliphatic carbocycles. The van der Waals surface area contributed by atoms with Crippen molar-refractivity contribution in [2.24, 2.45) is 11.3 Å². The van der Waals surface area contributed by atoms with Gasteiger partial charge in [-0.3, -0.25) is 4.90 Å². The van der Waals surface area contributed by atoms with Crippen molar-refractivity contribution in [1.82, 2.24) is 14.8 Å². The van der Waals surface area contributed by atoms with Gasteiger partial charge in [0, 0.05) is 38.2 Å². The molecular formula is C19H31N3OS. The first-order valence-electron chi connectivity index (χ1n) is 9.52. The van der Waals surface area contributed by atoms with E-state index in [0.29, 0.717) is 11.5 Å². The van der Waals surface area contributed by atoms with Crippen LogP contribution < -0.4 is 0 Å². The molecule has 3 heterocycles. The van der Waals surface area contributed by atoms with Crippen LogP contribution in [0.1, 0.15) is 42.8 Å². The number of piperidine rings is 1. The highest BCUT2D eigenvalue weighted by atomic mass is 32.1. The molecule has 3 fully saturated rings. The van der Waals surface area contributed by atoms with E-state index >= 15 is 0 Å². The van der Waals surface area contributed by atoms with E-state index in [0.717, 1.165) is 19.1 Å². The van der Waals surface area contributed by atoms with Crippen molar-refractivity contribution in [2.75, 3.05) is 39.9 Å². The van der Waals surface area contributed by atoms with E-state index in [1.807, 2.05) is 7.11 Å². The van der Waals surface area contributed by atoms with Gasteiger partial charge in [0.2, 0.25) is 0 Å². The van der Waals surface area contributed by atoms with Crippen LogP contribution >= 0.6 is 11.3 Å². The van der Waals surface area contributed by atoms with Crippen LogP contribution in [0.15, 0.2) is 5.38 Å². The van der Waals surface area contributed by atoms with Crippen LogP contribution in [-0.2, 0) is 11.3 Å². The molecule has 1 saturated carbocycles. The summed E-state index contributed by atoms with van der Waals surface area (Å²) in [6.45, 7) is 9.15. The second-order valence-electron chi connectivity index (χ2n) is 8.32. The molecular weight excluding hydrogens is 318 g/mol. The van der Waals surface area contributed by atoms with Gasteiger partial charge in [0.05, 0.1) is 17.3 Å². The minimum Gasteiger partial charge on any atom is -0.383 e. The van der Waals surface area contributed by atoms with Crippen LogP contribution in [0.25, 0.3) is 0 Å². The predicted octanol–water partition coefficient (Wildman–Crippen LogP) is 3.16. The third kappa shape index (κ3) is 3.85. The average molecular weight is 350 g/mol. The fraction of sp³-hybridized carbons (Fsp3) is 0.842. The molecule has 4 rings (SSSR count). The lowest BCUT2D eigenvalue weighted by atomic mass is 9.76.